The Morgan fingerprint density at radius 3 is 2.70 bits per heavy atom. The molecule has 5 heteroatoms. The molecule has 112 valence electrons. The molecule has 1 heterocycles. The number of benzene rings is 2. The molecule has 0 atom stereocenters. The van der Waals surface area contributed by atoms with Crippen LogP contribution in [0.2, 0.25) is 0 Å². The van der Waals surface area contributed by atoms with Crippen molar-refractivity contribution in [3.8, 4) is 17.3 Å². The van der Waals surface area contributed by atoms with Crippen LogP contribution in [-0.2, 0) is 0 Å². The molecule has 1 aromatic heterocycles. The number of rotatable bonds is 3. The lowest BCUT2D eigenvalue weighted by Gasteiger charge is -1.97. The standard InChI is InChI=1S/C18H10BrFN2S/c19-15-3-1-2-12(9-15)8-14(10-21)18-22-17(11-23-18)13-4-6-16(20)7-5-13/h1-9,11H. The molecule has 0 fully saturated rings. The zero-order chi connectivity index (χ0) is 16.2. The molecule has 0 radical (unpaired) electrons. The van der Waals surface area contributed by atoms with Crippen LogP contribution in [0.5, 0.6) is 0 Å². The van der Waals surface area contributed by atoms with Crippen molar-refractivity contribution >= 4 is 38.9 Å². The third-order valence-electron chi connectivity index (χ3n) is 3.15. The molecule has 0 bridgehead atoms. The maximum atomic E-state index is 13.0. The summed E-state index contributed by atoms with van der Waals surface area (Å²) in [6.07, 6.45) is 1.80. The quantitative estimate of drug-likeness (QED) is 0.536. The molecule has 0 aliphatic heterocycles. The number of allylic oxidation sites excluding steroid dienone is 1. The normalized spacial score (nSPS) is 11.3. The monoisotopic (exact) mass is 384 g/mol. The van der Waals surface area contributed by atoms with Gasteiger partial charge in [-0.15, -0.1) is 11.3 Å². The molecule has 3 rings (SSSR count). The van der Waals surface area contributed by atoms with Gasteiger partial charge in [-0.1, -0.05) is 28.1 Å². The summed E-state index contributed by atoms with van der Waals surface area (Å²) in [6, 6.07) is 16.1. The van der Waals surface area contributed by atoms with Gasteiger partial charge in [-0.3, -0.25) is 0 Å². The molecule has 0 amide bonds. The van der Waals surface area contributed by atoms with E-state index in [0.717, 1.165) is 21.3 Å². The van der Waals surface area contributed by atoms with Crippen LogP contribution in [0.4, 0.5) is 4.39 Å². The smallest absolute Gasteiger partial charge is 0.134 e. The van der Waals surface area contributed by atoms with E-state index in [-0.39, 0.29) is 5.82 Å². The van der Waals surface area contributed by atoms with E-state index in [1.165, 1.54) is 23.5 Å². The van der Waals surface area contributed by atoms with E-state index in [1.54, 1.807) is 18.2 Å². The number of aromatic nitrogens is 1. The summed E-state index contributed by atoms with van der Waals surface area (Å²) in [5.74, 6) is -0.281. The molecule has 0 aliphatic carbocycles. The van der Waals surface area contributed by atoms with Gasteiger partial charge in [-0.2, -0.15) is 5.26 Å². The first-order valence-corrected chi connectivity index (χ1v) is 8.42. The van der Waals surface area contributed by atoms with Gasteiger partial charge in [-0.05, 0) is 48.0 Å². The topological polar surface area (TPSA) is 36.7 Å². The highest BCUT2D eigenvalue weighted by molar-refractivity contribution is 9.10. The Morgan fingerprint density at radius 1 is 1.22 bits per heavy atom. The van der Waals surface area contributed by atoms with Crippen molar-refractivity contribution in [2.24, 2.45) is 0 Å². The summed E-state index contributed by atoms with van der Waals surface area (Å²) < 4.78 is 13.9. The lowest BCUT2D eigenvalue weighted by Crippen LogP contribution is -1.83. The average Bonchev–Trinajstić information content (AvgIpc) is 3.03. The van der Waals surface area contributed by atoms with E-state index >= 15 is 0 Å². The van der Waals surface area contributed by atoms with Crippen molar-refractivity contribution in [2.45, 2.75) is 0 Å². The molecule has 2 nitrogen and oxygen atoms in total. The third kappa shape index (κ3) is 3.73. The van der Waals surface area contributed by atoms with Crippen molar-refractivity contribution in [2.75, 3.05) is 0 Å². The number of nitrogens with zero attached hydrogens (tertiary/aromatic N) is 2. The van der Waals surface area contributed by atoms with E-state index in [1.807, 2.05) is 29.6 Å². The van der Waals surface area contributed by atoms with Crippen molar-refractivity contribution in [1.82, 2.24) is 4.98 Å². The molecular formula is C18H10BrFN2S. The van der Waals surface area contributed by atoms with Gasteiger partial charge in [0, 0.05) is 15.4 Å². The molecule has 3 aromatic rings. The van der Waals surface area contributed by atoms with Gasteiger partial charge in [0.1, 0.15) is 16.9 Å². The molecule has 0 aliphatic rings. The van der Waals surface area contributed by atoms with Crippen LogP contribution < -0.4 is 0 Å². The lowest BCUT2D eigenvalue weighted by atomic mass is 10.1. The Hall–Kier alpha value is -2.29. The Kier molecular flexibility index (Phi) is 4.65. The molecule has 0 saturated carbocycles. The van der Waals surface area contributed by atoms with Gasteiger partial charge >= 0.3 is 0 Å². The van der Waals surface area contributed by atoms with Crippen LogP contribution in [0, 0.1) is 17.1 Å². The Balaban J connectivity index is 1.94. The summed E-state index contributed by atoms with van der Waals surface area (Å²) >= 11 is 4.81. The van der Waals surface area contributed by atoms with Crippen molar-refractivity contribution in [3.63, 3.8) is 0 Å². The molecule has 0 saturated heterocycles. The summed E-state index contributed by atoms with van der Waals surface area (Å²) in [4.78, 5) is 4.49. The maximum absolute atomic E-state index is 13.0. The van der Waals surface area contributed by atoms with Crippen LogP contribution in [0.1, 0.15) is 10.6 Å². The number of nitriles is 1. The minimum atomic E-state index is -0.281. The fourth-order valence-corrected chi connectivity index (χ4v) is 3.27. The predicted molar refractivity (Wildman–Crippen MR) is 95.1 cm³/mol. The number of halogens is 2. The van der Waals surface area contributed by atoms with Crippen LogP contribution >= 0.6 is 27.3 Å². The molecule has 0 unspecified atom stereocenters. The minimum absolute atomic E-state index is 0.281. The van der Waals surface area contributed by atoms with Gasteiger partial charge in [-0.25, -0.2) is 9.37 Å². The number of hydrogen-bond donors (Lipinski definition) is 0. The van der Waals surface area contributed by atoms with Gasteiger partial charge in [0.25, 0.3) is 0 Å². The number of thiazole rings is 1. The first-order chi connectivity index (χ1) is 11.2. The van der Waals surface area contributed by atoms with E-state index in [9.17, 15) is 9.65 Å². The Morgan fingerprint density at radius 2 is 2.00 bits per heavy atom. The lowest BCUT2D eigenvalue weighted by molar-refractivity contribution is 0.628. The second kappa shape index (κ2) is 6.86. The van der Waals surface area contributed by atoms with Crippen molar-refractivity contribution < 1.29 is 4.39 Å². The van der Waals surface area contributed by atoms with Crippen LogP contribution in [0.25, 0.3) is 22.9 Å². The van der Waals surface area contributed by atoms with Crippen molar-refractivity contribution in [3.05, 3.63) is 74.8 Å². The van der Waals surface area contributed by atoms with E-state index < -0.39 is 0 Å². The summed E-state index contributed by atoms with van der Waals surface area (Å²) in [5.41, 5.74) is 2.99. The highest BCUT2D eigenvalue weighted by atomic mass is 79.9. The molecule has 0 N–H and O–H groups in total. The predicted octanol–water partition coefficient (Wildman–Crippen LogP) is 5.78. The largest absolute Gasteiger partial charge is 0.235 e. The Bertz CT molecular complexity index is 907. The van der Waals surface area contributed by atoms with E-state index in [2.05, 4.69) is 27.0 Å². The van der Waals surface area contributed by atoms with E-state index in [0.29, 0.717) is 10.6 Å². The molecule has 23 heavy (non-hydrogen) atoms. The fourth-order valence-electron chi connectivity index (χ4n) is 2.06. The van der Waals surface area contributed by atoms with Gasteiger partial charge in [0.2, 0.25) is 0 Å². The minimum Gasteiger partial charge on any atom is -0.235 e. The summed E-state index contributed by atoms with van der Waals surface area (Å²) in [6.45, 7) is 0. The molecule has 2 aromatic carbocycles. The van der Waals surface area contributed by atoms with Crippen LogP contribution in [0.15, 0.2) is 58.4 Å². The zero-order valence-corrected chi connectivity index (χ0v) is 14.2. The fraction of sp³-hybridized carbons (Fsp3) is 0. The third-order valence-corrected chi connectivity index (χ3v) is 4.52. The van der Waals surface area contributed by atoms with Crippen LogP contribution in [0.3, 0.4) is 0 Å². The zero-order valence-electron chi connectivity index (χ0n) is 11.8. The van der Waals surface area contributed by atoms with Gasteiger partial charge < -0.3 is 0 Å². The first-order valence-electron chi connectivity index (χ1n) is 6.75. The highest BCUT2D eigenvalue weighted by Crippen LogP contribution is 2.27. The maximum Gasteiger partial charge on any atom is 0.134 e. The van der Waals surface area contributed by atoms with Gasteiger partial charge in [0.15, 0.2) is 0 Å². The Labute approximate surface area is 145 Å². The SMILES string of the molecule is N#CC(=Cc1cccc(Br)c1)c1nc(-c2ccc(F)cc2)cs1. The highest BCUT2D eigenvalue weighted by Gasteiger charge is 2.09. The first kappa shape index (κ1) is 15.6. The molecular weight excluding hydrogens is 375 g/mol. The number of hydrogen-bond acceptors (Lipinski definition) is 3. The summed E-state index contributed by atoms with van der Waals surface area (Å²) in [7, 11) is 0. The second-order valence-corrected chi connectivity index (χ2v) is 6.54. The van der Waals surface area contributed by atoms with Crippen molar-refractivity contribution in [1.29, 1.82) is 5.26 Å². The van der Waals surface area contributed by atoms with E-state index in [4.69, 9.17) is 0 Å². The summed E-state index contributed by atoms with van der Waals surface area (Å²) in [5, 5.41) is 11.9. The van der Waals surface area contributed by atoms with Crippen LogP contribution in [-0.4, -0.2) is 4.98 Å². The molecule has 0 spiro atoms. The second-order valence-electron chi connectivity index (χ2n) is 4.77. The average molecular weight is 385 g/mol. The van der Waals surface area contributed by atoms with Gasteiger partial charge in [0.05, 0.1) is 11.3 Å².